The van der Waals surface area contributed by atoms with E-state index < -0.39 is 11.7 Å². The van der Waals surface area contributed by atoms with Crippen LogP contribution in [0.3, 0.4) is 0 Å². The highest BCUT2D eigenvalue weighted by Crippen LogP contribution is 2.22. The third-order valence-electron chi connectivity index (χ3n) is 3.17. The topological polar surface area (TPSA) is 71.6 Å². The van der Waals surface area contributed by atoms with Crippen LogP contribution >= 0.6 is 12.2 Å². The number of hydrogen-bond acceptors (Lipinski definition) is 4. The van der Waals surface area contributed by atoms with Crippen molar-refractivity contribution < 1.29 is 14.3 Å². The number of carbonyl (C=O) groups excluding carboxylic acids is 1. The van der Waals surface area contributed by atoms with Crippen molar-refractivity contribution in [3.8, 4) is 11.5 Å². The quantitative estimate of drug-likeness (QED) is 0.507. The molecule has 0 radical (unpaired) electrons. The lowest BCUT2D eigenvalue weighted by Crippen LogP contribution is -2.39. The fourth-order valence-electron chi connectivity index (χ4n) is 2.06. The van der Waals surface area contributed by atoms with E-state index in [1.54, 1.807) is 0 Å². The first-order valence-electron chi connectivity index (χ1n) is 8.66. The molecule has 0 bridgehead atoms. The Morgan fingerprint density at radius 3 is 2.15 bits per heavy atom. The number of hydrogen-bond donors (Lipinski definition) is 3. The van der Waals surface area contributed by atoms with E-state index in [2.05, 4.69) is 16.0 Å². The van der Waals surface area contributed by atoms with Gasteiger partial charge in [0.05, 0.1) is 0 Å². The monoisotopic (exact) mass is 387 g/mol. The maximum Gasteiger partial charge on any atom is 0.407 e. The molecule has 0 spiro atoms. The molecule has 0 aliphatic carbocycles. The molecule has 0 unspecified atom stereocenters. The molecule has 27 heavy (non-hydrogen) atoms. The summed E-state index contributed by atoms with van der Waals surface area (Å²) in [5.74, 6) is 1.53. The molecule has 6 nitrogen and oxygen atoms in total. The molecule has 2 rings (SSSR count). The first-order valence-corrected chi connectivity index (χ1v) is 9.07. The fourth-order valence-corrected chi connectivity index (χ4v) is 2.28. The van der Waals surface area contributed by atoms with Crippen molar-refractivity contribution in [2.24, 2.45) is 0 Å². The van der Waals surface area contributed by atoms with Gasteiger partial charge in [-0.2, -0.15) is 0 Å². The van der Waals surface area contributed by atoms with Gasteiger partial charge < -0.3 is 25.4 Å². The molecule has 0 atom stereocenters. The summed E-state index contributed by atoms with van der Waals surface area (Å²) < 4.78 is 10.9. The van der Waals surface area contributed by atoms with Crippen LogP contribution in [0.1, 0.15) is 20.8 Å². The highest BCUT2D eigenvalue weighted by Gasteiger charge is 2.15. The van der Waals surface area contributed by atoms with Gasteiger partial charge in [-0.05, 0) is 69.4 Å². The van der Waals surface area contributed by atoms with Gasteiger partial charge >= 0.3 is 6.09 Å². The molecule has 0 saturated heterocycles. The molecule has 144 valence electrons. The predicted octanol–water partition coefficient (Wildman–Crippen LogP) is 4.29. The highest BCUT2D eigenvalue weighted by atomic mass is 32.1. The van der Waals surface area contributed by atoms with Crippen LogP contribution in [0.15, 0.2) is 54.6 Å². The molecule has 1 amide bonds. The summed E-state index contributed by atoms with van der Waals surface area (Å²) in [6, 6.07) is 17.1. The van der Waals surface area contributed by atoms with Crippen molar-refractivity contribution in [1.82, 2.24) is 10.6 Å². The third kappa shape index (κ3) is 8.42. The Labute approximate surface area is 165 Å². The maximum atomic E-state index is 11.5. The van der Waals surface area contributed by atoms with Gasteiger partial charge in [0, 0.05) is 18.8 Å². The van der Waals surface area contributed by atoms with Crippen LogP contribution < -0.4 is 20.7 Å². The van der Waals surface area contributed by atoms with Crippen molar-refractivity contribution in [2.75, 3.05) is 18.4 Å². The summed E-state index contributed by atoms with van der Waals surface area (Å²) in [4.78, 5) is 11.5. The van der Waals surface area contributed by atoms with Crippen LogP contribution in [-0.4, -0.2) is 29.9 Å². The molecular formula is C20H25N3O3S. The van der Waals surface area contributed by atoms with E-state index in [0.29, 0.717) is 18.2 Å². The van der Waals surface area contributed by atoms with Gasteiger partial charge in [0.1, 0.15) is 17.1 Å². The van der Waals surface area contributed by atoms with Crippen LogP contribution in [0, 0.1) is 0 Å². The minimum absolute atomic E-state index is 0.403. The average Bonchev–Trinajstić information content (AvgIpc) is 2.60. The third-order valence-corrected chi connectivity index (χ3v) is 3.42. The summed E-state index contributed by atoms with van der Waals surface area (Å²) in [7, 11) is 0. The lowest BCUT2D eigenvalue weighted by Gasteiger charge is -2.19. The molecule has 0 fully saturated rings. The molecule has 2 aromatic carbocycles. The number of thiocarbonyl (C=S) groups is 1. The number of nitrogens with one attached hydrogen (secondary N) is 3. The smallest absolute Gasteiger partial charge is 0.407 e. The van der Waals surface area contributed by atoms with Gasteiger partial charge in [-0.15, -0.1) is 0 Å². The van der Waals surface area contributed by atoms with Gasteiger partial charge in [0.2, 0.25) is 0 Å². The van der Waals surface area contributed by atoms with Crippen molar-refractivity contribution in [3.05, 3.63) is 54.6 Å². The minimum Gasteiger partial charge on any atom is -0.457 e. The lowest BCUT2D eigenvalue weighted by atomic mass is 10.2. The van der Waals surface area contributed by atoms with E-state index in [0.717, 1.165) is 17.2 Å². The number of anilines is 1. The minimum atomic E-state index is -0.509. The lowest BCUT2D eigenvalue weighted by molar-refractivity contribution is 0.0529. The van der Waals surface area contributed by atoms with Crippen molar-refractivity contribution >= 4 is 29.1 Å². The second-order valence-corrected chi connectivity index (χ2v) is 7.16. The second-order valence-electron chi connectivity index (χ2n) is 6.75. The number of carbonyl (C=O) groups is 1. The van der Waals surface area contributed by atoms with Crippen LogP contribution in [0.25, 0.3) is 0 Å². The van der Waals surface area contributed by atoms with Crippen LogP contribution in [0.4, 0.5) is 10.5 Å². The zero-order valence-corrected chi connectivity index (χ0v) is 16.6. The highest BCUT2D eigenvalue weighted by molar-refractivity contribution is 7.80. The average molecular weight is 388 g/mol. The maximum absolute atomic E-state index is 11.5. The largest absolute Gasteiger partial charge is 0.457 e. The van der Waals surface area contributed by atoms with E-state index in [1.807, 2.05) is 75.4 Å². The molecule has 2 aromatic rings. The number of benzene rings is 2. The van der Waals surface area contributed by atoms with Gasteiger partial charge in [-0.1, -0.05) is 18.2 Å². The summed E-state index contributed by atoms with van der Waals surface area (Å²) in [5.41, 5.74) is 0.332. The molecular weight excluding hydrogens is 362 g/mol. The molecule has 3 N–H and O–H groups in total. The van der Waals surface area contributed by atoms with Gasteiger partial charge in [-0.3, -0.25) is 0 Å². The molecule has 0 aromatic heterocycles. The van der Waals surface area contributed by atoms with Gasteiger partial charge in [0.15, 0.2) is 5.11 Å². The Balaban J connectivity index is 1.69. The van der Waals surface area contributed by atoms with E-state index in [4.69, 9.17) is 21.7 Å². The van der Waals surface area contributed by atoms with E-state index >= 15 is 0 Å². The SMILES string of the molecule is CC(C)(C)OC(=O)NCCNC(=S)Nc1ccc(Oc2ccccc2)cc1. The summed E-state index contributed by atoms with van der Waals surface area (Å²) in [6.07, 6.45) is -0.447. The molecule has 0 heterocycles. The Morgan fingerprint density at radius 1 is 0.926 bits per heavy atom. The van der Waals surface area contributed by atoms with Crippen molar-refractivity contribution in [2.45, 2.75) is 26.4 Å². The second kappa shape index (κ2) is 9.78. The van der Waals surface area contributed by atoms with E-state index in [1.165, 1.54) is 0 Å². The Bertz CT molecular complexity index is 743. The van der Waals surface area contributed by atoms with Gasteiger partial charge in [-0.25, -0.2) is 4.79 Å². The zero-order valence-electron chi connectivity index (χ0n) is 15.7. The molecule has 7 heteroatoms. The standard InChI is InChI=1S/C20H25N3O3S/c1-20(2,3)26-19(24)22-14-13-21-18(27)23-15-9-11-17(12-10-15)25-16-7-5-4-6-8-16/h4-12H,13-14H2,1-3H3,(H,22,24)(H2,21,23,27). The first-order chi connectivity index (χ1) is 12.8. The molecule has 0 aliphatic heterocycles. The molecule has 0 saturated carbocycles. The number of alkyl carbamates (subject to hydrolysis) is 1. The van der Waals surface area contributed by atoms with Crippen LogP contribution in [-0.2, 0) is 4.74 Å². The zero-order chi connectivity index (χ0) is 19.7. The normalized spacial score (nSPS) is 10.6. The predicted molar refractivity (Wildman–Crippen MR) is 111 cm³/mol. The Morgan fingerprint density at radius 2 is 1.52 bits per heavy atom. The van der Waals surface area contributed by atoms with Crippen molar-refractivity contribution in [3.63, 3.8) is 0 Å². The van der Waals surface area contributed by atoms with Gasteiger partial charge in [0.25, 0.3) is 0 Å². The number of amides is 1. The Kier molecular flexibility index (Phi) is 7.43. The van der Waals surface area contributed by atoms with Crippen LogP contribution in [0.5, 0.6) is 11.5 Å². The fraction of sp³-hybridized carbons (Fsp3) is 0.300. The summed E-state index contributed by atoms with van der Waals surface area (Å²) >= 11 is 5.24. The van der Waals surface area contributed by atoms with Crippen LogP contribution in [0.2, 0.25) is 0 Å². The number of ether oxygens (including phenoxy) is 2. The summed E-state index contributed by atoms with van der Waals surface area (Å²) in [5, 5.41) is 9.23. The Hall–Kier alpha value is -2.80. The number of rotatable bonds is 6. The summed E-state index contributed by atoms with van der Waals surface area (Å²) in [6.45, 7) is 6.35. The van der Waals surface area contributed by atoms with E-state index in [-0.39, 0.29) is 0 Å². The first kappa shape index (κ1) is 20.5. The molecule has 0 aliphatic rings. The van der Waals surface area contributed by atoms with Crippen molar-refractivity contribution in [1.29, 1.82) is 0 Å². The van der Waals surface area contributed by atoms with E-state index in [9.17, 15) is 4.79 Å². The number of para-hydroxylation sites is 1.